The van der Waals surface area contributed by atoms with Gasteiger partial charge in [0.25, 0.3) is 5.91 Å². The Morgan fingerprint density at radius 1 is 1.06 bits per heavy atom. The second-order valence-electron chi connectivity index (χ2n) is 8.20. The van der Waals surface area contributed by atoms with E-state index in [-0.39, 0.29) is 12.5 Å². The van der Waals surface area contributed by atoms with Gasteiger partial charge in [-0.05, 0) is 36.1 Å². The molecule has 0 spiro atoms. The van der Waals surface area contributed by atoms with E-state index < -0.39 is 17.5 Å². The van der Waals surface area contributed by atoms with E-state index in [1.807, 2.05) is 23.6 Å². The van der Waals surface area contributed by atoms with Crippen LogP contribution in [0.5, 0.6) is 11.5 Å². The molecule has 8 nitrogen and oxygen atoms in total. The number of ether oxygens (including phenoxy) is 2. The maximum absolute atomic E-state index is 13.5. The number of rotatable bonds is 6. The Labute approximate surface area is 200 Å². The SMILES string of the molecule is C[C@]1(c2ccccc2)NC(=O)N(CC(=O)N(Cc2cccs2)c2ccc3c(c2)OCCO3)C1=O. The van der Waals surface area contributed by atoms with Crippen LogP contribution in [0.15, 0.2) is 66.0 Å². The van der Waals surface area contributed by atoms with Crippen molar-refractivity contribution in [3.63, 3.8) is 0 Å². The molecule has 0 radical (unpaired) electrons. The number of benzene rings is 2. The van der Waals surface area contributed by atoms with E-state index in [1.54, 1.807) is 54.3 Å². The zero-order valence-electron chi connectivity index (χ0n) is 18.5. The van der Waals surface area contributed by atoms with Crippen LogP contribution in [-0.4, -0.2) is 42.5 Å². The van der Waals surface area contributed by atoms with Crippen molar-refractivity contribution in [2.45, 2.75) is 19.0 Å². The predicted molar refractivity (Wildman–Crippen MR) is 127 cm³/mol. The van der Waals surface area contributed by atoms with Crippen LogP contribution in [0, 0.1) is 0 Å². The lowest BCUT2D eigenvalue weighted by Crippen LogP contribution is -2.44. The van der Waals surface area contributed by atoms with Gasteiger partial charge in [0.1, 0.15) is 25.3 Å². The van der Waals surface area contributed by atoms with E-state index in [2.05, 4.69) is 5.32 Å². The van der Waals surface area contributed by atoms with Crippen molar-refractivity contribution in [3.8, 4) is 11.5 Å². The molecule has 2 aliphatic heterocycles. The number of carbonyl (C=O) groups is 3. The zero-order chi connectivity index (χ0) is 23.7. The van der Waals surface area contributed by atoms with Crippen LogP contribution in [0.4, 0.5) is 10.5 Å². The fraction of sp³-hybridized carbons (Fsp3) is 0.240. The molecule has 174 valence electrons. The molecule has 34 heavy (non-hydrogen) atoms. The average Bonchev–Trinajstić information content (AvgIpc) is 3.45. The average molecular weight is 478 g/mol. The zero-order valence-corrected chi connectivity index (χ0v) is 19.3. The van der Waals surface area contributed by atoms with Crippen molar-refractivity contribution in [1.29, 1.82) is 0 Å². The van der Waals surface area contributed by atoms with Gasteiger partial charge in [0, 0.05) is 16.6 Å². The van der Waals surface area contributed by atoms with Crippen molar-refractivity contribution < 1.29 is 23.9 Å². The largest absolute Gasteiger partial charge is 0.486 e. The van der Waals surface area contributed by atoms with Gasteiger partial charge in [-0.25, -0.2) is 4.79 Å². The molecule has 0 bridgehead atoms. The number of nitrogens with zero attached hydrogens (tertiary/aromatic N) is 2. The highest BCUT2D eigenvalue weighted by Crippen LogP contribution is 2.35. The monoisotopic (exact) mass is 477 g/mol. The second kappa shape index (κ2) is 8.83. The smallest absolute Gasteiger partial charge is 0.325 e. The lowest BCUT2D eigenvalue weighted by Gasteiger charge is -2.27. The van der Waals surface area contributed by atoms with Crippen LogP contribution < -0.4 is 19.7 Å². The maximum atomic E-state index is 13.5. The highest BCUT2D eigenvalue weighted by Gasteiger charge is 2.49. The van der Waals surface area contributed by atoms with Gasteiger partial charge in [-0.15, -0.1) is 11.3 Å². The molecule has 2 aromatic carbocycles. The van der Waals surface area contributed by atoms with Gasteiger partial charge in [0.15, 0.2) is 11.5 Å². The molecule has 1 N–H and O–H groups in total. The summed E-state index contributed by atoms with van der Waals surface area (Å²) in [5, 5.41) is 4.68. The molecule has 0 unspecified atom stereocenters. The van der Waals surface area contributed by atoms with Crippen molar-refractivity contribution >= 4 is 34.9 Å². The van der Waals surface area contributed by atoms with Crippen LogP contribution in [0.2, 0.25) is 0 Å². The highest BCUT2D eigenvalue weighted by molar-refractivity contribution is 7.09. The molecule has 1 atom stereocenters. The normalized spacial score (nSPS) is 19.1. The first-order valence-electron chi connectivity index (χ1n) is 10.9. The Morgan fingerprint density at radius 2 is 1.82 bits per heavy atom. The molecule has 1 fully saturated rings. The number of nitrogens with one attached hydrogen (secondary N) is 1. The summed E-state index contributed by atoms with van der Waals surface area (Å²) in [6, 6.07) is 17.5. The van der Waals surface area contributed by atoms with Crippen molar-refractivity contribution in [1.82, 2.24) is 10.2 Å². The fourth-order valence-corrected chi connectivity index (χ4v) is 4.80. The molecule has 3 aromatic rings. The Kier molecular flexibility index (Phi) is 5.70. The van der Waals surface area contributed by atoms with Crippen LogP contribution in [0.25, 0.3) is 0 Å². The van der Waals surface area contributed by atoms with Crippen molar-refractivity contribution in [2.75, 3.05) is 24.7 Å². The summed E-state index contributed by atoms with van der Waals surface area (Å²) >= 11 is 1.52. The van der Waals surface area contributed by atoms with Crippen LogP contribution in [0.3, 0.4) is 0 Å². The summed E-state index contributed by atoms with van der Waals surface area (Å²) in [7, 11) is 0. The number of fused-ring (bicyclic) bond motifs is 1. The molecule has 0 saturated carbocycles. The molecule has 5 rings (SSSR count). The molecule has 0 aliphatic carbocycles. The van der Waals surface area contributed by atoms with E-state index in [1.165, 1.54) is 11.3 Å². The predicted octanol–water partition coefficient (Wildman–Crippen LogP) is 3.52. The Bertz CT molecular complexity index is 1230. The van der Waals surface area contributed by atoms with Gasteiger partial charge >= 0.3 is 6.03 Å². The number of imide groups is 1. The summed E-state index contributed by atoms with van der Waals surface area (Å²) in [5.74, 6) is 0.326. The first-order valence-corrected chi connectivity index (χ1v) is 11.8. The molecule has 4 amide bonds. The number of anilines is 1. The van der Waals surface area contributed by atoms with Gasteiger partial charge in [-0.3, -0.25) is 14.5 Å². The molecule has 1 saturated heterocycles. The van der Waals surface area contributed by atoms with Gasteiger partial charge in [0.2, 0.25) is 5.91 Å². The molecule has 9 heteroatoms. The summed E-state index contributed by atoms with van der Waals surface area (Å²) in [6.45, 7) is 2.46. The fourth-order valence-electron chi connectivity index (χ4n) is 4.11. The highest BCUT2D eigenvalue weighted by atomic mass is 32.1. The van der Waals surface area contributed by atoms with E-state index in [4.69, 9.17) is 9.47 Å². The Morgan fingerprint density at radius 3 is 2.56 bits per heavy atom. The van der Waals surface area contributed by atoms with E-state index in [0.29, 0.717) is 42.5 Å². The second-order valence-corrected chi connectivity index (χ2v) is 9.23. The van der Waals surface area contributed by atoms with Gasteiger partial charge < -0.3 is 19.7 Å². The van der Waals surface area contributed by atoms with Gasteiger partial charge in [0.05, 0.1) is 6.54 Å². The molecular formula is C25H23N3O5S. The number of hydrogen-bond acceptors (Lipinski definition) is 6. The molecule has 1 aromatic heterocycles. The molecule has 3 heterocycles. The standard InChI is InChI=1S/C25H23N3O5S/c1-25(17-6-3-2-4-7-17)23(30)28(24(31)26-25)16-22(29)27(15-19-8-5-13-34-19)18-9-10-20-21(14-18)33-12-11-32-20/h2-10,13-14H,11-12,15-16H2,1H3,(H,26,31)/t25-/m1/s1. The van der Waals surface area contributed by atoms with Crippen LogP contribution >= 0.6 is 11.3 Å². The number of hydrogen-bond donors (Lipinski definition) is 1. The number of thiophene rings is 1. The third-order valence-corrected chi connectivity index (χ3v) is 6.81. The van der Waals surface area contributed by atoms with Crippen molar-refractivity contribution in [3.05, 3.63) is 76.5 Å². The van der Waals surface area contributed by atoms with E-state index in [0.717, 1.165) is 9.78 Å². The summed E-state index contributed by atoms with van der Waals surface area (Å²) < 4.78 is 11.3. The van der Waals surface area contributed by atoms with E-state index in [9.17, 15) is 14.4 Å². The summed E-state index contributed by atoms with van der Waals surface area (Å²) in [4.78, 5) is 43.1. The lowest BCUT2D eigenvalue weighted by molar-refractivity contribution is -0.134. The third-order valence-electron chi connectivity index (χ3n) is 5.95. The quantitative estimate of drug-likeness (QED) is 0.549. The van der Waals surface area contributed by atoms with Gasteiger partial charge in [-0.2, -0.15) is 0 Å². The first kappa shape index (κ1) is 22.0. The van der Waals surface area contributed by atoms with Crippen LogP contribution in [0.1, 0.15) is 17.4 Å². The minimum atomic E-state index is -1.23. The first-order chi connectivity index (χ1) is 16.5. The van der Waals surface area contributed by atoms with Crippen molar-refractivity contribution in [2.24, 2.45) is 0 Å². The number of amides is 4. The number of urea groups is 1. The third kappa shape index (κ3) is 3.99. The lowest BCUT2D eigenvalue weighted by atomic mass is 9.92. The van der Waals surface area contributed by atoms with Crippen LogP contribution in [-0.2, 0) is 21.7 Å². The topological polar surface area (TPSA) is 88.2 Å². The molecule has 2 aliphatic rings. The molecular weight excluding hydrogens is 454 g/mol. The summed E-state index contributed by atoms with van der Waals surface area (Å²) in [6.07, 6.45) is 0. The van der Waals surface area contributed by atoms with E-state index >= 15 is 0 Å². The van der Waals surface area contributed by atoms with Gasteiger partial charge in [-0.1, -0.05) is 36.4 Å². The maximum Gasteiger partial charge on any atom is 0.325 e. The Balaban J connectivity index is 1.42. The Hall–Kier alpha value is -3.85. The minimum absolute atomic E-state index is 0.301. The number of carbonyl (C=O) groups excluding carboxylic acids is 3. The summed E-state index contributed by atoms with van der Waals surface area (Å²) in [5.41, 5.74) is 0.0277. The minimum Gasteiger partial charge on any atom is -0.486 e.